The Labute approximate surface area is 75.7 Å². The number of methoxy groups -OCH3 is 1. The van der Waals surface area contributed by atoms with Gasteiger partial charge in [-0.1, -0.05) is 19.8 Å². The van der Waals surface area contributed by atoms with Crippen molar-refractivity contribution in [1.29, 1.82) is 0 Å². The van der Waals surface area contributed by atoms with Crippen molar-refractivity contribution in [3.05, 3.63) is 0 Å². The highest BCUT2D eigenvalue weighted by Crippen LogP contribution is 2.23. The van der Waals surface area contributed by atoms with Crippen LogP contribution in [0.2, 0.25) is 0 Å². The Morgan fingerprint density at radius 3 is 2.75 bits per heavy atom. The van der Waals surface area contributed by atoms with E-state index in [9.17, 15) is 0 Å². The van der Waals surface area contributed by atoms with Gasteiger partial charge in [0.05, 0.1) is 6.61 Å². The largest absolute Gasteiger partial charge is 0.383 e. The zero-order chi connectivity index (χ0) is 8.81. The molecule has 0 spiro atoms. The molecule has 0 amide bonds. The molecule has 0 heterocycles. The van der Waals surface area contributed by atoms with Crippen molar-refractivity contribution in [1.82, 2.24) is 5.32 Å². The summed E-state index contributed by atoms with van der Waals surface area (Å²) in [6.45, 7) is 4.19. The molecule has 0 saturated heterocycles. The molecule has 1 aliphatic rings. The first-order valence-corrected chi connectivity index (χ1v) is 5.07. The maximum absolute atomic E-state index is 5.01. The fourth-order valence-electron chi connectivity index (χ4n) is 1.97. The maximum Gasteiger partial charge on any atom is 0.0587 e. The second-order valence-electron chi connectivity index (χ2n) is 3.82. The van der Waals surface area contributed by atoms with Crippen LogP contribution in [-0.4, -0.2) is 26.3 Å². The van der Waals surface area contributed by atoms with Crippen LogP contribution in [0.4, 0.5) is 0 Å². The van der Waals surface area contributed by atoms with E-state index in [-0.39, 0.29) is 0 Å². The molecule has 12 heavy (non-hydrogen) atoms. The third kappa shape index (κ3) is 3.11. The van der Waals surface area contributed by atoms with Gasteiger partial charge in [-0.25, -0.2) is 0 Å². The molecule has 0 radical (unpaired) electrons. The zero-order valence-corrected chi connectivity index (χ0v) is 8.31. The summed E-state index contributed by atoms with van der Waals surface area (Å²) in [5.74, 6) is 0.857. The first kappa shape index (κ1) is 10.0. The van der Waals surface area contributed by atoms with E-state index in [1.165, 1.54) is 25.7 Å². The SMILES string of the molecule is COCCNC1CCCC[C@H]1C. The molecule has 2 atom stereocenters. The molecule has 0 aromatic carbocycles. The summed E-state index contributed by atoms with van der Waals surface area (Å²) in [5, 5.41) is 3.55. The molecular formula is C10H21NO. The molecule has 1 rings (SSSR count). The van der Waals surface area contributed by atoms with Gasteiger partial charge in [-0.15, -0.1) is 0 Å². The van der Waals surface area contributed by atoms with Crippen LogP contribution < -0.4 is 5.32 Å². The predicted octanol–water partition coefficient (Wildman–Crippen LogP) is 1.80. The van der Waals surface area contributed by atoms with Gasteiger partial charge in [0.1, 0.15) is 0 Å². The van der Waals surface area contributed by atoms with Crippen LogP contribution in [0.5, 0.6) is 0 Å². The number of ether oxygens (including phenoxy) is 1. The van der Waals surface area contributed by atoms with Crippen molar-refractivity contribution < 1.29 is 4.74 Å². The quantitative estimate of drug-likeness (QED) is 0.651. The lowest BCUT2D eigenvalue weighted by molar-refractivity contribution is 0.184. The smallest absolute Gasteiger partial charge is 0.0587 e. The Bertz CT molecular complexity index is 116. The normalized spacial score (nSPS) is 30.5. The predicted molar refractivity (Wildman–Crippen MR) is 51.3 cm³/mol. The number of nitrogens with one attached hydrogen (secondary N) is 1. The first-order valence-electron chi connectivity index (χ1n) is 5.07. The molecule has 1 aliphatic carbocycles. The Kier molecular flexibility index (Phi) is 4.62. The van der Waals surface area contributed by atoms with Gasteiger partial charge >= 0.3 is 0 Å². The summed E-state index contributed by atoms with van der Waals surface area (Å²) in [5.41, 5.74) is 0. The van der Waals surface area contributed by atoms with Crippen LogP contribution in [0, 0.1) is 5.92 Å². The van der Waals surface area contributed by atoms with Gasteiger partial charge in [0, 0.05) is 19.7 Å². The lowest BCUT2D eigenvalue weighted by Gasteiger charge is -2.29. The fourth-order valence-corrected chi connectivity index (χ4v) is 1.97. The van der Waals surface area contributed by atoms with E-state index in [4.69, 9.17) is 4.74 Å². The standard InChI is InChI=1S/C10H21NO/c1-9-5-3-4-6-10(9)11-7-8-12-2/h9-11H,3-8H2,1-2H3/t9-,10?/m1/s1. The summed E-state index contributed by atoms with van der Waals surface area (Å²) in [6.07, 6.45) is 5.56. The maximum atomic E-state index is 5.01. The van der Waals surface area contributed by atoms with E-state index in [0.717, 1.165) is 25.1 Å². The average Bonchev–Trinajstić information content (AvgIpc) is 2.09. The van der Waals surface area contributed by atoms with Crippen molar-refractivity contribution in [2.75, 3.05) is 20.3 Å². The van der Waals surface area contributed by atoms with Crippen molar-refractivity contribution in [2.24, 2.45) is 5.92 Å². The molecule has 2 heteroatoms. The van der Waals surface area contributed by atoms with Crippen LogP contribution in [0.25, 0.3) is 0 Å². The van der Waals surface area contributed by atoms with Crippen molar-refractivity contribution in [2.45, 2.75) is 38.6 Å². The van der Waals surface area contributed by atoms with Crippen LogP contribution in [0.15, 0.2) is 0 Å². The van der Waals surface area contributed by atoms with Gasteiger partial charge in [0.2, 0.25) is 0 Å². The summed E-state index contributed by atoms with van der Waals surface area (Å²) in [4.78, 5) is 0. The average molecular weight is 171 g/mol. The van der Waals surface area contributed by atoms with Crippen LogP contribution in [0.3, 0.4) is 0 Å². The number of hydrogen-bond acceptors (Lipinski definition) is 2. The minimum absolute atomic E-state index is 0.744. The van der Waals surface area contributed by atoms with Crippen molar-refractivity contribution >= 4 is 0 Å². The molecule has 72 valence electrons. The summed E-state index contributed by atoms with van der Waals surface area (Å²) in [6, 6.07) is 0.744. The van der Waals surface area contributed by atoms with E-state index in [0.29, 0.717) is 0 Å². The molecule has 0 aromatic rings. The van der Waals surface area contributed by atoms with Gasteiger partial charge in [-0.2, -0.15) is 0 Å². The van der Waals surface area contributed by atoms with Crippen molar-refractivity contribution in [3.8, 4) is 0 Å². The Morgan fingerprint density at radius 1 is 1.33 bits per heavy atom. The minimum atomic E-state index is 0.744. The molecule has 1 saturated carbocycles. The van der Waals surface area contributed by atoms with Crippen molar-refractivity contribution in [3.63, 3.8) is 0 Å². The van der Waals surface area contributed by atoms with E-state index < -0.39 is 0 Å². The van der Waals surface area contributed by atoms with E-state index >= 15 is 0 Å². The third-order valence-electron chi connectivity index (χ3n) is 2.82. The second-order valence-corrected chi connectivity index (χ2v) is 3.82. The Balaban J connectivity index is 2.11. The van der Waals surface area contributed by atoms with Crippen LogP contribution >= 0.6 is 0 Å². The lowest BCUT2D eigenvalue weighted by Crippen LogP contribution is -2.38. The highest BCUT2D eigenvalue weighted by molar-refractivity contribution is 4.77. The summed E-state index contributed by atoms with van der Waals surface area (Å²) < 4.78 is 5.01. The summed E-state index contributed by atoms with van der Waals surface area (Å²) in [7, 11) is 1.76. The number of rotatable bonds is 4. The van der Waals surface area contributed by atoms with E-state index in [2.05, 4.69) is 12.2 Å². The van der Waals surface area contributed by atoms with E-state index in [1.807, 2.05) is 0 Å². The molecule has 0 bridgehead atoms. The Hall–Kier alpha value is -0.0800. The zero-order valence-electron chi connectivity index (χ0n) is 8.31. The van der Waals surface area contributed by atoms with Gasteiger partial charge in [-0.3, -0.25) is 0 Å². The molecule has 1 fully saturated rings. The molecule has 1 unspecified atom stereocenters. The topological polar surface area (TPSA) is 21.3 Å². The summed E-state index contributed by atoms with van der Waals surface area (Å²) >= 11 is 0. The molecular weight excluding hydrogens is 150 g/mol. The highest BCUT2D eigenvalue weighted by Gasteiger charge is 2.19. The fraction of sp³-hybridized carbons (Fsp3) is 1.00. The molecule has 0 aromatic heterocycles. The lowest BCUT2D eigenvalue weighted by atomic mass is 9.86. The van der Waals surface area contributed by atoms with Gasteiger partial charge < -0.3 is 10.1 Å². The Morgan fingerprint density at radius 2 is 2.08 bits per heavy atom. The van der Waals surface area contributed by atoms with Gasteiger partial charge in [-0.05, 0) is 18.8 Å². The van der Waals surface area contributed by atoms with E-state index in [1.54, 1.807) is 7.11 Å². The van der Waals surface area contributed by atoms with Crippen LogP contribution in [0.1, 0.15) is 32.6 Å². The van der Waals surface area contributed by atoms with Crippen LogP contribution in [-0.2, 0) is 4.74 Å². The molecule has 1 N–H and O–H groups in total. The second kappa shape index (κ2) is 5.55. The van der Waals surface area contributed by atoms with Gasteiger partial charge in [0.15, 0.2) is 0 Å². The number of hydrogen-bond donors (Lipinski definition) is 1. The van der Waals surface area contributed by atoms with Gasteiger partial charge in [0.25, 0.3) is 0 Å². The molecule has 2 nitrogen and oxygen atoms in total. The minimum Gasteiger partial charge on any atom is -0.383 e. The molecule has 0 aliphatic heterocycles. The first-order chi connectivity index (χ1) is 5.84. The monoisotopic (exact) mass is 171 g/mol. The highest BCUT2D eigenvalue weighted by atomic mass is 16.5. The third-order valence-corrected chi connectivity index (χ3v) is 2.82.